The van der Waals surface area contributed by atoms with E-state index in [1.807, 2.05) is 18.2 Å². The maximum Gasteiger partial charge on any atom is 0.363 e. The van der Waals surface area contributed by atoms with Crippen LogP contribution in [0.1, 0.15) is 18.1 Å². The van der Waals surface area contributed by atoms with E-state index in [1.54, 1.807) is 30.3 Å². The maximum absolute atomic E-state index is 12.1. The Balaban J connectivity index is 2.00. The first-order chi connectivity index (χ1) is 13.0. The molecule has 0 saturated heterocycles. The predicted molar refractivity (Wildman–Crippen MR) is 97.9 cm³/mol. The number of nitrogens with zero attached hydrogens (tertiary/aromatic N) is 1. The second-order valence-corrected chi connectivity index (χ2v) is 5.55. The van der Waals surface area contributed by atoms with Gasteiger partial charge >= 0.3 is 11.9 Å². The molecule has 1 aliphatic rings. The van der Waals surface area contributed by atoms with E-state index < -0.39 is 11.9 Å². The van der Waals surface area contributed by atoms with Crippen LogP contribution in [0.3, 0.4) is 0 Å². The number of rotatable bonds is 5. The van der Waals surface area contributed by atoms with E-state index in [4.69, 9.17) is 18.9 Å². The fourth-order valence-corrected chi connectivity index (χ4v) is 2.50. The average Bonchev–Trinajstić information content (AvgIpc) is 3.03. The fourth-order valence-electron chi connectivity index (χ4n) is 2.50. The molecule has 0 aromatic heterocycles. The van der Waals surface area contributed by atoms with Crippen molar-refractivity contribution >= 4 is 23.9 Å². The van der Waals surface area contributed by atoms with Gasteiger partial charge in [-0.1, -0.05) is 18.2 Å². The van der Waals surface area contributed by atoms with Gasteiger partial charge in [0.15, 0.2) is 17.2 Å². The topological polar surface area (TPSA) is 83.4 Å². The molecule has 1 aliphatic heterocycles. The molecule has 2 aromatic carbocycles. The standard InChI is InChI=1S/C20H17NO6/c1-12(22)26-18-16(24-2)10-13(11-17(18)25-3)9-15-20(23)27-19(21-15)14-7-5-4-6-8-14/h4-11H,1-3H3/b15-9+. The van der Waals surface area contributed by atoms with Crippen LogP contribution in [0.25, 0.3) is 6.08 Å². The molecule has 7 heteroatoms. The molecule has 0 amide bonds. The number of aliphatic imine (C=N–C) groups is 1. The molecule has 0 N–H and O–H groups in total. The predicted octanol–water partition coefficient (Wildman–Crippen LogP) is 2.97. The molecule has 0 atom stereocenters. The number of esters is 2. The van der Waals surface area contributed by atoms with Gasteiger partial charge in [0, 0.05) is 12.5 Å². The average molecular weight is 367 g/mol. The van der Waals surface area contributed by atoms with E-state index in [9.17, 15) is 9.59 Å². The van der Waals surface area contributed by atoms with E-state index in [-0.39, 0.29) is 28.8 Å². The minimum Gasteiger partial charge on any atom is -0.493 e. The van der Waals surface area contributed by atoms with Crippen LogP contribution >= 0.6 is 0 Å². The van der Waals surface area contributed by atoms with Crippen LogP contribution in [0.15, 0.2) is 53.2 Å². The van der Waals surface area contributed by atoms with Crippen LogP contribution in [0.5, 0.6) is 17.2 Å². The van der Waals surface area contributed by atoms with E-state index in [2.05, 4.69) is 4.99 Å². The lowest BCUT2D eigenvalue weighted by Crippen LogP contribution is -2.05. The molecular weight excluding hydrogens is 350 g/mol. The fraction of sp³-hybridized carbons (Fsp3) is 0.150. The summed E-state index contributed by atoms with van der Waals surface area (Å²) in [6, 6.07) is 12.3. The Hall–Kier alpha value is -3.61. The van der Waals surface area contributed by atoms with Crippen LogP contribution in [-0.4, -0.2) is 32.1 Å². The van der Waals surface area contributed by atoms with Crippen molar-refractivity contribution in [2.24, 2.45) is 4.99 Å². The number of ether oxygens (including phenoxy) is 4. The number of methoxy groups -OCH3 is 2. The molecule has 0 unspecified atom stereocenters. The van der Waals surface area contributed by atoms with Gasteiger partial charge in [-0.2, -0.15) is 0 Å². The minimum absolute atomic E-state index is 0.137. The van der Waals surface area contributed by atoms with Gasteiger partial charge in [0.25, 0.3) is 0 Å². The van der Waals surface area contributed by atoms with Gasteiger partial charge < -0.3 is 18.9 Å². The minimum atomic E-state index is -0.559. The number of hydrogen-bond donors (Lipinski definition) is 0. The van der Waals surface area contributed by atoms with Crippen molar-refractivity contribution in [2.45, 2.75) is 6.92 Å². The van der Waals surface area contributed by atoms with Crippen LogP contribution in [0.4, 0.5) is 0 Å². The Morgan fingerprint density at radius 2 is 1.70 bits per heavy atom. The molecular formula is C20H17NO6. The van der Waals surface area contributed by atoms with Gasteiger partial charge in [-0.15, -0.1) is 0 Å². The second-order valence-electron chi connectivity index (χ2n) is 5.55. The first-order valence-electron chi connectivity index (χ1n) is 8.04. The third kappa shape index (κ3) is 3.98. The largest absolute Gasteiger partial charge is 0.493 e. The van der Waals surface area contributed by atoms with Crippen molar-refractivity contribution in [2.75, 3.05) is 14.2 Å². The molecule has 3 rings (SSSR count). The summed E-state index contributed by atoms with van der Waals surface area (Å²) in [6.45, 7) is 1.28. The number of benzene rings is 2. The highest BCUT2D eigenvalue weighted by Crippen LogP contribution is 2.39. The lowest BCUT2D eigenvalue weighted by Gasteiger charge is -2.13. The van der Waals surface area contributed by atoms with E-state index in [0.717, 1.165) is 0 Å². The molecule has 27 heavy (non-hydrogen) atoms. The van der Waals surface area contributed by atoms with Gasteiger partial charge in [-0.3, -0.25) is 4.79 Å². The molecule has 0 radical (unpaired) electrons. The first kappa shape index (κ1) is 18.2. The Morgan fingerprint density at radius 3 is 2.26 bits per heavy atom. The Morgan fingerprint density at radius 1 is 1.07 bits per heavy atom. The maximum atomic E-state index is 12.1. The summed E-state index contributed by atoms with van der Waals surface area (Å²) in [5.41, 5.74) is 1.41. The zero-order chi connectivity index (χ0) is 19.4. The number of cyclic esters (lactones) is 1. The van der Waals surface area contributed by atoms with Crippen LogP contribution in [-0.2, 0) is 14.3 Å². The van der Waals surface area contributed by atoms with Crippen molar-refractivity contribution in [3.05, 3.63) is 59.3 Å². The van der Waals surface area contributed by atoms with Gasteiger partial charge in [-0.05, 0) is 35.9 Å². The monoisotopic (exact) mass is 367 g/mol. The molecule has 0 spiro atoms. The molecule has 1 heterocycles. The quantitative estimate of drug-likeness (QED) is 0.459. The van der Waals surface area contributed by atoms with Crippen LogP contribution in [0.2, 0.25) is 0 Å². The summed E-state index contributed by atoms with van der Waals surface area (Å²) in [5.74, 6) is -0.0884. The van der Waals surface area contributed by atoms with E-state index in [0.29, 0.717) is 11.1 Å². The summed E-state index contributed by atoms with van der Waals surface area (Å²) in [5, 5.41) is 0. The Labute approximate surface area is 155 Å². The summed E-state index contributed by atoms with van der Waals surface area (Å²) < 4.78 is 20.9. The number of hydrogen-bond acceptors (Lipinski definition) is 7. The van der Waals surface area contributed by atoms with Crippen LogP contribution in [0, 0.1) is 0 Å². The third-order valence-electron chi connectivity index (χ3n) is 3.67. The molecule has 0 bridgehead atoms. The van der Waals surface area contributed by atoms with Gasteiger partial charge in [-0.25, -0.2) is 9.79 Å². The number of carbonyl (C=O) groups is 2. The van der Waals surface area contributed by atoms with Crippen molar-refractivity contribution in [3.63, 3.8) is 0 Å². The normalized spacial score (nSPS) is 14.6. The van der Waals surface area contributed by atoms with Gasteiger partial charge in [0.05, 0.1) is 14.2 Å². The van der Waals surface area contributed by atoms with Crippen molar-refractivity contribution in [1.29, 1.82) is 0 Å². The molecule has 138 valence electrons. The third-order valence-corrected chi connectivity index (χ3v) is 3.67. The highest BCUT2D eigenvalue weighted by molar-refractivity contribution is 6.12. The summed E-state index contributed by atoms with van der Waals surface area (Å²) >= 11 is 0. The highest BCUT2D eigenvalue weighted by atomic mass is 16.6. The van der Waals surface area contributed by atoms with Crippen LogP contribution < -0.4 is 14.2 Å². The Kier molecular flexibility index (Phi) is 5.21. The molecule has 0 saturated carbocycles. The SMILES string of the molecule is COc1cc(/C=C2/N=C(c3ccccc3)OC2=O)cc(OC)c1OC(C)=O. The number of carbonyl (C=O) groups excluding carboxylic acids is 2. The summed E-state index contributed by atoms with van der Waals surface area (Å²) in [7, 11) is 2.88. The molecule has 7 nitrogen and oxygen atoms in total. The smallest absolute Gasteiger partial charge is 0.363 e. The van der Waals surface area contributed by atoms with Crippen molar-refractivity contribution < 1.29 is 28.5 Å². The lowest BCUT2D eigenvalue weighted by molar-refractivity contribution is -0.132. The van der Waals surface area contributed by atoms with E-state index in [1.165, 1.54) is 21.1 Å². The van der Waals surface area contributed by atoms with E-state index >= 15 is 0 Å². The zero-order valence-electron chi connectivity index (χ0n) is 15.0. The summed E-state index contributed by atoms with van der Waals surface area (Å²) in [4.78, 5) is 27.7. The van der Waals surface area contributed by atoms with Crippen molar-refractivity contribution in [3.8, 4) is 17.2 Å². The second kappa shape index (κ2) is 7.74. The lowest BCUT2D eigenvalue weighted by atomic mass is 10.1. The molecule has 2 aromatic rings. The first-order valence-corrected chi connectivity index (χ1v) is 8.04. The summed E-state index contributed by atoms with van der Waals surface area (Å²) in [6.07, 6.45) is 1.54. The Bertz CT molecular complexity index is 921. The molecule has 0 fully saturated rings. The zero-order valence-corrected chi connectivity index (χ0v) is 15.0. The van der Waals surface area contributed by atoms with Gasteiger partial charge in [0.2, 0.25) is 11.6 Å². The molecule has 0 aliphatic carbocycles. The highest BCUT2D eigenvalue weighted by Gasteiger charge is 2.24. The van der Waals surface area contributed by atoms with Crippen molar-refractivity contribution in [1.82, 2.24) is 0 Å². The van der Waals surface area contributed by atoms with Gasteiger partial charge in [0.1, 0.15) is 0 Å².